The van der Waals surface area contributed by atoms with E-state index in [0.29, 0.717) is 12.4 Å². The van der Waals surface area contributed by atoms with Crippen molar-refractivity contribution in [3.63, 3.8) is 0 Å². The first-order valence-electron chi connectivity index (χ1n) is 11.0. The fourth-order valence-corrected chi connectivity index (χ4v) is 3.33. The van der Waals surface area contributed by atoms with Gasteiger partial charge in [-0.25, -0.2) is 0 Å². The Morgan fingerprint density at radius 3 is 1.35 bits per heavy atom. The molecular weight excluding hydrogens is 448 g/mol. The van der Waals surface area contributed by atoms with Gasteiger partial charge in [0.15, 0.2) is 0 Å². The van der Waals surface area contributed by atoms with Gasteiger partial charge in [-0.3, -0.25) is 4.55 Å². The fraction of sp³-hybridized carbons (Fsp3) is 0.214. The summed E-state index contributed by atoms with van der Waals surface area (Å²) < 4.78 is 41.2. The summed E-state index contributed by atoms with van der Waals surface area (Å²) >= 11 is 0. The lowest BCUT2D eigenvalue weighted by Gasteiger charge is -2.05. The first-order chi connectivity index (χ1) is 16.4. The standard InChI is InChI=1S/C28H26O5S/c1-2-20-32-27-16-12-25(13-17-27)10-8-23-4-6-24(7-5-23)9-11-26-14-18-28(19-15-26)33-21-3-22-34(29,30)31/h4-7,12-19H,2-3,20-22H2,1H3,(H,29,30,31). The van der Waals surface area contributed by atoms with Crippen LogP contribution in [0.1, 0.15) is 42.0 Å². The molecule has 34 heavy (non-hydrogen) atoms. The van der Waals surface area contributed by atoms with Gasteiger partial charge in [-0.1, -0.05) is 30.6 Å². The van der Waals surface area contributed by atoms with Crippen molar-refractivity contribution in [1.82, 2.24) is 0 Å². The second-order valence-electron chi connectivity index (χ2n) is 7.46. The van der Waals surface area contributed by atoms with E-state index in [4.69, 9.17) is 14.0 Å². The molecule has 0 aliphatic rings. The summed E-state index contributed by atoms with van der Waals surface area (Å²) in [6.07, 6.45) is 1.20. The third-order valence-electron chi connectivity index (χ3n) is 4.58. The van der Waals surface area contributed by atoms with Crippen LogP contribution in [0.5, 0.6) is 11.5 Å². The molecule has 0 bridgehead atoms. The molecular formula is C28H26O5S. The van der Waals surface area contributed by atoms with E-state index in [0.717, 1.165) is 34.4 Å². The number of benzene rings is 3. The lowest BCUT2D eigenvalue weighted by Crippen LogP contribution is -2.08. The van der Waals surface area contributed by atoms with Gasteiger partial charge < -0.3 is 9.47 Å². The van der Waals surface area contributed by atoms with Gasteiger partial charge in [0.2, 0.25) is 0 Å². The smallest absolute Gasteiger partial charge is 0.264 e. The van der Waals surface area contributed by atoms with E-state index in [1.165, 1.54) is 0 Å². The van der Waals surface area contributed by atoms with Crippen molar-refractivity contribution < 1.29 is 22.4 Å². The van der Waals surface area contributed by atoms with Crippen molar-refractivity contribution in [2.24, 2.45) is 0 Å². The highest BCUT2D eigenvalue weighted by Gasteiger charge is 2.03. The minimum absolute atomic E-state index is 0.207. The molecule has 0 atom stereocenters. The van der Waals surface area contributed by atoms with Gasteiger partial charge in [-0.15, -0.1) is 0 Å². The lowest BCUT2D eigenvalue weighted by molar-refractivity contribution is 0.316. The zero-order valence-electron chi connectivity index (χ0n) is 19.0. The van der Waals surface area contributed by atoms with Crippen LogP contribution in [0, 0.1) is 23.7 Å². The highest BCUT2D eigenvalue weighted by molar-refractivity contribution is 7.85. The van der Waals surface area contributed by atoms with Crippen LogP contribution in [0.25, 0.3) is 0 Å². The van der Waals surface area contributed by atoms with Gasteiger partial charge in [0.25, 0.3) is 10.1 Å². The van der Waals surface area contributed by atoms with E-state index in [9.17, 15) is 8.42 Å². The van der Waals surface area contributed by atoms with Crippen molar-refractivity contribution in [2.45, 2.75) is 19.8 Å². The molecule has 174 valence electrons. The number of ether oxygens (including phenoxy) is 2. The van der Waals surface area contributed by atoms with E-state index < -0.39 is 10.1 Å². The Balaban J connectivity index is 1.52. The Hall–Kier alpha value is -3.71. The number of hydrogen-bond donors (Lipinski definition) is 1. The monoisotopic (exact) mass is 474 g/mol. The minimum Gasteiger partial charge on any atom is -0.494 e. The summed E-state index contributed by atoms with van der Waals surface area (Å²) in [4.78, 5) is 0. The van der Waals surface area contributed by atoms with E-state index in [2.05, 4.69) is 30.6 Å². The zero-order chi connectivity index (χ0) is 24.2. The van der Waals surface area contributed by atoms with Gasteiger partial charge in [-0.2, -0.15) is 8.42 Å². The SMILES string of the molecule is CCCOc1ccc(C#Cc2ccc(C#Cc3ccc(OCCCS(=O)(=O)O)cc3)cc2)cc1. The molecule has 0 spiro atoms. The van der Waals surface area contributed by atoms with Crippen molar-refractivity contribution in [3.05, 3.63) is 95.1 Å². The van der Waals surface area contributed by atoms with Crippen LogP contribution in [0.4, 0.5) is 0 Å². The molecule has 3 rings (SSSR count). The summed E-state index contributed by atoms with van der Waals surface area (Å²) in [7, 11) is -3.95. The quantitative estimate of drug-likeness (QED) is 0.285. The van der Waals surface area contributed by atoms with Crippen molar-refractivity contribution >= 4 is 10.1 Å². The molecule has 5 nitrogen and oxygen atoms in total. The predicted octanol–water partition coefficient (Wildman–Crippen LogP) is 4.93. The van der Waals surface area contributed by atoms with E-state index in [1.54, 1.807) is 12.1 Å². The Morgan fingerprint density at radius 2 is 1.00 bits per heavy atom. The van der Waals surface area contributed by atoms with Crippen LogP contribution in [0.15, 0.2) is 72.8 Å². The molecule has 3 aromatic carbocycles. The van der Waals surface area contributed by atoms with Crippen LogP contribution in [-0.2, 0) is 10.1 Å². The molecule has 3 aromatic rings. The third kappa shape index (κ3) is 9.03. The van der Waals surface area contributed by atoms with E-state index in [1.807, 2.05) is 60.7 Å². The molecule has 1 N–H and O–H groups in total. The Labute approximate surface area is 201 Å². The molecule has 0 saturated carbocycles. The van der Waals surface area contributed by atoms with Gasteiger partial charge in [0, 0.05) is 22.3 Å². The maximum Gasteiger partial charge on any atom is 0.264 e. The maximum atomic E-state index is 10.7. The molecule has 6 heteroatoms. The first-order valence-corrected chi connectivity index (χ1v) is 12.6. The summed E-state index contributed by atoms with van der Waals surface area (Å²) in [6.45, 7) is 2.99. The average molecular weight is 475 g/mol. The largest absolute Gasteiger partial charge is 0.494 e. The molecule has 0 radical (unpaired) electrons. The molecule has 0 aliphatic heterocycles. The van der Waals surface area contributed by atoms with Crippen molar-refractivity contribution in [3.8, 4) is 35.2 Å². The molecule has 0 aliphatic carbocycles. The van der Waals surface area contributed by atoms with Crippen LogP contribution >= 0.6 is 0 Å². The highest BCUT2D eigenvalue weighted by Crippen LogP contribution is 2.13. The molecule has 0 fully saturated rings. The minimum atomic E-state index is -3.95. The number of hydrogen-bond acceptors (Lipinski definition) is 4. The van der Waals surface area contributed by atoms with Gasteiger partial charge in [0.1, 0.15) is 11.5 Å². The third-order valence-corrected chi connectivity index (χ3v) is 5.39. The van der Waals surface area contributed by atoms with Crippen LogP contribution in [0.3, 0.4) is 0 Å². The molecule has 0 heterocycles. The second-order valence-corrected chi connectivity index (χ2v) is 9.03. The maximum absolute atomic E-state index is 10.7. The Bertz CT molecular complexity index is 1290. The Kier molecular flexibility index (Phi) is 9.17. The summed E-state index contributed by atoms with van der Waals surface area (Å²) in [5.41, 5.74) is 3.56. The average Bonchev–Trinajstić information content (AvgIpc) is 2.84. The van der Waals surface area contributed by atoms with Crippen LogP contribution < -0.4 is 9.47 Å². The van der Waals surface area contributed by atoms with Crippen LogP contribution in [-0.4, -0.2) is 31.9 Å². The number of rotatable bonds is 8. The second kappa shape index (κ2) is 12.5. The highest BCUT2D eigenvalue weighted by atomic mass is 32.2. The summed E-state index contributed by atoms with van der Waals surface area (Å²) in [5.74, 6) is 13.7. The summed E-state index contributed by atoms with van der Waals surface area (Å²) in [6, 6.07) is 22.8. The lowest BCUT2D eigenvalue weighted by atomic mass is 10.1. The Morgan fingerprint density at radius 1 is 0.647 bits per heavy atom. The van der Waals surface area contributed by atoms with Crippen molar-refractivity contribution in [2.75, 3.05) is 19.0 Å². The molecule has 0 unspecified atom stereocenters. The molecule has 0 aromatic heterocycles. The summed E-state index contributed by atoms with van der Waals surface area (Å²) in [5, 5.41) is 0. The van der Waals surface area contributed by atoms with Crippen molar-refractivity contribution in [1.29, 1.82) is 0 Å². The first kappa shape index (κ1) is 24.9. The van der Waals surface area contributed by atoms with E-state index >= 15 is 0 Å². The van der Waals surface area contributed by atoms with Gasteiger partial charge >= 0.3 is 0 Å². The zero-order valence-corrected chi connectivity index (χ0v) is 19.8. The molecule has 0 amide bonds. The predicted molar refractivity (Wildman–Crippen MR) is 134 cm³/mol. The normalized spacial score (nSPS) is 10.4. The van der Waals surface area contributed by atoms with Gasteiger partial charge in [-0.05, 0) is 85.6 Å². The molecule has 0 saturated heterocycles. The van der Waals surface area contributed by atoms with Crippen LogP contribution in [0.2, 0.25) is 0 Å². The topological polar surface area (TPSA) is 72.8 Å². The van der Waals surface area contributed by atoms with Gasteiger partial charge in [0.05, 0.1) is 19.0 Å². The van der Waals surface area contributed by atoms with E-state index in [-0.39, 0.29) is 18.8 Å². The fourth-order valence-electron chi connectivity index (χ4n) is 2.85.